The number of hydrogen-bond donors (Lipinski definition) is 2. The van der Waals surface area contributed by atoms with Gasteiger partial charge in [0, 0.05) is 36.1 Å². The Hall–Kier alpha value is -3.87. The van der Waals surface area contributed by atoms with Gasteiger partial charge in [-0.05, 0) is 53.3 Å². The van der Waals surface area contributed by atoms with E-state index in [0.717, 1.165) is 33.3 Å². The van der Waals surface area contributed by atoms with Gasteiger partial charge in [0.25, 0.3) is 5.91 Å². The second-order valence-corrected chi connectivity index (χ2v) is 8.14. The van der Waals surface area contributed by atoms with Crippen molar-refractivity contribution in [2.75, 3.05) is 12.4 Å². The van der Waals surface area contributed by atoms with Gasteiger partial charge >= 0.3 is 0 Å². The predicted octanol–water partition coefficient (Wildman–Crippen LogP) is 3.22. The number of piperidine rings is 1. The third-order valence-corrected chi connectivity index (χ3v) is 6.12. The first-order valence-electron chi connectivity index (χ1n) is 10.6. The van der Waals surface area contributed by atoms with Gasteiger partial charge < -0.3 is 15.0 Å². The van der Waals surface area contributed by atoms with Gasteiger partial charge in [0.05, 0.1) is 7.11 Å². The van der Waals surface area contributed by atoms with Crippen LogP contribution in [0.25, 0.3) is 10.8 Å². The fraction of sp³-hybridized carbons (Fsp3) is 0.240. The Labute approximate surface area is 185 Å². The van der Waals surface area contributed by atoms with E-state index in [9.17, 15) is 14.4 Å². The van der Waals surface area contributed by atoms with Crippen LogP contribution in [0.4, 0.5) is 5.69 Å². The lowest BCUT2D eigenvalue weighted by molar-refractivity contribution is -0.136. The number of amides is 3. The van der Waals surface area contributed by atoms with E-state index in [1.165, 1.54) is 0 Å². The molecule has 0 aliphatic carbocycles. The molecule has 0 radical (unpaired) electrons. The summed E-state index contributed by atoms with van der Waals surface area (Å²) in [6.07, 6.45) is 0.609. The Morgan fingerprint density at radius 1 is 1.09 bits per heavy atom. The maximum absolute atomic E-state index is 12.8. The molecular weight excluding hydrogens is 406 g/mol. The SMILES string of the molecule is COc1cc(CNc2ccc3c(c2)CN(C2CCC(=O)NC2=O)C3=O)cc2ccccc12. The molecule has 1 unspecified atom stereocenters. The second-order valence-electron chi connectivity index (χ2n) is 8.14. The zero-order valence-corrected chi connectivity index (χ0v) is 17.7. The van der Waals surface area contributed by atoms with E-state index in [4.69, 9.17) is 4.74 Å². The lowest BCUT2D eigenvalue weighted by Crippen LogP contribution is -2.52. The van der Waals surface area contributed by atoms with Crippen LogP contribution in [-0.4, -0.2) is 35.8 Å². The summed E-state index contributed by atoms with van der Waals surface area (Å²) in [5.41, 5.74) is 3.46. The number of nitrogens with zero attached hydrogens (tertiary/aromatic N) is 1. The lowest BCUT2D eigenvalue weighted by atomic mass is 10.0. The van der Waals surface area contributed by atoms with E-state index in [2.05, 4.69) is 22.8 Å². The summed E-state index contributed by atoms with van der Waals surface area (Å²) in [5.74, 6) is -0.0159. The molecule has 3 aromatic rings. The molecule has 0 spiro atoms. The van der Waals surface area contributed by atoms with Crippen molar-refractivity contribution < 1.29 is 19.1 Å². The fourth-order valence-electron chi connectivity index (χ4n) is 4.49. The maximum Gasteiger partial charge on any atom is 0.255 e. The van der Waals surface area contributed by atoms with Gasteiger partial charge in [0.15, 0.2) is 0 Å². The molecule has 5 rings (SSSR count). The Kier molecular flexibility index (Phi) is 5.01. The topological polar surface area (TPSA) is 87.7 Å². The first-order valence-corrected chi connectivity index (χ1v) is 10.6. The van der Waals surface area contributed by atoms with Crippen LogP contribution in [0.3, 0.4) is 0 Å². The Balaban J connectivity index is 1.32. The third kappa shape index (κ3) is 3.56. The average molecular weight is 429 g/mol. The number of imide groups is 1. The quantitative estimate of drug-likeness (QED) is 0.608. The number of nitrogens with one attached hydrogen (secondary N) is 2. The first-order chi connectivity index (χ1) is 15.5. The number of rotatable bonds is 5. The number of fused-ring (bicyclic) bond motifs is 2. The number of ether oxygens (including phenoxy) is 1. The smallest absolute Gasteiger partial charge is 0.255 e. The highest BCUT2D eigenvalue weighted by molar-refractivity contribution is 6.05. The molecule has 2 N–H and O–H groups in total. The third-order valence-electron chi connectivity index (χ3n) is 6.12. The van der Waals surface area contributed by atoms with Crippen molar-refractivity contribution in [1.82, 2.24) is 10.2 Å². The van der Waals surface area contributed by atoms with Gasteiger partial charge in [-0.3, -0.25) is 19.7 Å². The van der Waals surface area contributed by atoms with Gasteiger partial charge in [0.2, 0.25) is 11.8 Å². The van der Waals surface area contributed by atoms with Crippen LogP contribution in [0.2, 0.25) is 0 Å². The summed E-state index contributed by atoms with van der Waals surface area (Å²) in [6.45, 7) is 0.963. The summed E-state index contributed by atoms with van der Waals surface area (Å²) in [5, 5.41) is 7.94. The van der Waals surface area contributed by atoms with Gasteiger partial charge in [-0.2, -0.15) is 0 Å². The predicted molar refractivity (Wildman–Crippen MR) is 120 cm³/mol. The van der Waals surface area contributed by atoms with Gasteiger partial charge in [-0.15, -0.1) is 0 Å². The molecule has 162 valence electrons. The van der Waals surface area contributed by atoms with Crippen LogP contribution in [0.5, 0.6) is 5.75 Å². The van der Waals surface area contributed by atoms with E-state index in [0.29, 0.717) is 25.1 Å². The normalized spacial score (nSPS) is 18.0. The number of benzene rings is 3. The number of methoxy groups -OCH3 is 1. The molecular formula is C25H23N3O4. The summed E-state index contributed by atoms with van der Waals surface area (Å²) in [7, 11) is 1.67. The Bertz CT molecular complexity index is 1250. The maximum atomic E-state index is 12.8. The highest BCUT2D eigenvalue weighted by Crippen LogP contribution is 2.31. The molecule has 7 nitrogen and oxygen atoms in total. The zero-order chi connectivity index (χ0) is 22.2. The van der Waals surface area contributed by atoms with E-state index in [-0.39, 0.29) is 18.2 Å². The first kappa shape index (κ1) is 20.1. The van der Waals surface area contributed by atoms with Gasteiger partial charge in [-0.1, -0.05) is 24.3 Å². The number of carbonyl (C=O) groups excluding carboxylic acids is 3. The lowest BCUT2D eigenvalue weighted by Gasteiger charge is -2.29. The Morgan fingerprint density at radius 2 is 1.94 bits per heavy atom. The largest absolute Gasteiger partial charge is 0.496 e. The second kappa shape index (κ2) is 8.00. The minimum Gasteiger partial charge on any atom is -0.496 e. The summed E-state index contributed by atoms with van der Waals surface area (Å²) < 4.78 is 5.55. The molecule has 32 heavy (non-hydrogen) atoms. The molecule has 0 bridgehead atoms. The fourth-order valence-corrected chi connectivity index (χ4v) is 4.49. The standard InChI is InChI=1S/C25H23N3O4/c1-32-22-11-15(10-16-4-2-3-5-19(16)22)13-26-18-6-7-20-17(12-18)14-28(25(20)31)21-8-9-23(29)27-24(21)30/h2-7,10-12,21,26H,8-9,13-14H2,1H3,(H,27,29,30). The van der Waals surface area contributed by atoms with Crippen LogP contribution < -0.4 is 15.4 Å². The minimum absolute atomic E-state index is 0.166. The van der Waals surface area contributed by atoms with Crippen molar-refractivity contribution in [3.63, 3.8) is 0 Å². The van der Waals surface area contributed by atoms with E-state index in [1.54, 1.807) is 18.1 Å². The van der Waals surface area contributed by atoms with Crippen molar-refractivity contribution in [3.8, 4) is 5.75 Å². The highest BCUT2D eigenvalue weighted by Gasteiger charge is 2.39. The molecule has 2 heterocycles. The molecule has 1 saturated heterocycles. The highest BCUT2D eigenvalue weighted by atomic mass is 16.5. The van der Waals surface area contributed by atoms with Crippen molar-refractivity contribution >= 4 is 34.2 Å². The van der Waals surface area contributed by atoms with Crippen LogP contribution in [0.15, 0.2) is 54.6 Å². The summed E-state index contributed by atoms with van der Waals surface area (Å²) >= 11 is 0. The van der Waals surface area contributed by atoms with Gasteiger partial charge in [0.1, 0.15) is 11.8 Å². The van der Waals surface area contributed by atoms with Crippen LogP contribution >= 0.6 is 0 Å². The zero-order valence-electron chi connectivity index (χ0n) is 17.7. The summed E-state index contributed by atoms with van der Waals surface area (Å²) in [4.78, 5) is 38.0. The van der Waals surface area contributed by atoms with Crippen molar-refractivity contribution in [2.24, 2.45) is 0 Å². The van der Waals surface area contributed by atoms with Crippen molar-refractivity contribution in [2.45, 2.75) is 32.0 Å². The number of anilines is 1. The molecule has 0 saturated carbocycles. The Morgan fingerprint density at radius 3 is 2.75 bits per heavy atom. The van der Waals surface area contributed by atoms with E-state index >= 15 is 0 Å². The molecule has 3 aromatic carbocycles. The van der Waals surface area contributed by atoms with Crippen molar-refractivity contribution in [1.29, 1.82) is 0 Å². The van der Waals surface area contributed by atoms with Crippen LogP contribution in [0, 0.1) is 0 Å². The molecule has 7 heteroatoms. The number of hydrogen-bond acceptors (Lipinski definition) is 5. The van der Waals surface area contributed by atoms with Crippen LogP contribution in [-0.2, 0) is 22.7 Å². The van der Waals surface area contributed by atoms with E-state index < -0.39 is 11.9 Å². The molecule has 1 fully saturated rings. The van der Waals surface area contributed by atoms with E-state index in [1.807, 2.05) is 36.4 Å². The minimum atomic E-state index is -0.603. The van der Waals surface area contributed by atoms with Crippen LogP contribution in [0.1, 0.15) is 34.3 Å². The van der Waals surface area contributed by atoms with Crippen molar-refractivity contribution in [3.05, 3.63) is 71.3 Å². The number of carbonyl (C=O) groups is 3. The molecule has 3 amide bonds. The van der Waals surface area contributed by atoms with Gasteiger partial charge in [-0.25, -0.2) is 0 Å². The molecule has 1 atom stereocenters. The monoisotopic (exact) mass is 429 g/mol. The molecule has 0 aromatic heterocycles. The summed E-state index contributed by atoms with van der Waals surface area (Å²) in [6, 6.07) is 17.3. The molecule has 2 aliphatic heterocycles. The molecule has 2 aliphatic rings. The average Bonchev–Trinajstić information content (AvgIpc) is 3.12.